The Labute approximate surface area is 98.8 Å². The number of carboxylic acid groups (broad SMARTS) is 1. The summed E-state index contributed by atoms with van der Waals surface area (Å²) in [4.78, 5) is 19.8. The monoisotopic (exact) mass is 231 g/mol. The predicted molar refractivity (Wildman–Crippen MR) is 61.6 cm³/mol. The van der Waals surface area contributed by atoms with Gasteiger partial charge >= 0.3 is 5.97 Å². The largest absolute Gasteiger partial charge is 0.479 e. The molecule has 0 aliphatic rings. The average molecular weight is 231 g/mol. The zero-order valence-electron chi connectivity index (χ0n) is 9.66. The average Bonchev–Trinajstić information content (AvgIpc) is 2.76. The smallest absolute Gasteiger partial charge is 0.335 e. The van der Waals surface area contributed by atoms with Gasteiger partial charge in [-0.25, -0.2) is 9.78 Å². The number of imidazole rings is 1. The third-order valence-electron chi connectivity index (χ3n) is 2.89. The van der Waals surface area contributed by atoms with Crippen LogP contribution in [0.2, 0.25) is 0 Å². The maximum Gasteiger partial charge on any atom is 0.335 e. The molecule has 2 heterocycles. The fourth-order valence-corrected chi connectivity index (χ4v) is 1.84. The summed E-state index contributed by atoms with van der Waals surface area (Å²) in [7, 11) is 0. The summed E-state index contributed by atoms with van der Waals surface area (Å²) >= 11 is 0. The number of hydrogen-bond donors (Lipinski definition) is 1. The van der Waals surface area contributed by atoms with Crippen molar-refractivity contribution < 1.29 is 9.90 Å². The van der Waals surface area contributed by atoms with E-state index >= 15 is 0 Å². The van der Waals surface area contributed by atoms with Crippen LogP contribution in [0.1, 0.15) is 18.4 Å². The van der Waals surface area contributed by atoms with Crippen LogP contribution in [0.4, 0.5) is 0 Å². The topological polar surface area (TPSA) is 68.0 Å². The van der Waals surface area contributed by atoms with Gasteiger partial charge in [0.2, 0.25) is 0 Å². The molecular formula is C12H13N3O2. The summed E-state index contributed by atoms with van der Waals surface area (Å²) in [5, 5.41) is 9.49. The number of aromatic nitrogens is 3. The lowest BCUT2D eigenvalue weighted by Crippen LogP contribution is -2.41. The van der Waals surface area contributed by atoms with Crippen molar-refractivity contribution in [3.05, 3.63) is 48.3 Å². The first-order chi connectivity index (χ1) is 8.06. The molecule has 0 aromatic carbocycles. The van der Waals surface area contributed by atoms with Gasteiger partial charge in [0.25, 0.3) is 0 Å². The van der Waals surface area contributed by atoms with Gasteiger partial charge in [-0.2, -0.15) is 0 Å². The molecule has 5 heteroatoms. The quantitative estimate of drug-likeness (QED) is 0.867. The van der Waals surface area contributed by atoms with Crippen LogP contribution in [0.5, 0.6) is 0 Å². The Morgan fingerprint density at radius 1 is 1.35 bits per heavy atom. The maximum absolute atomic E-state index is 11.6. The molecule has 17 heavy (non-hydrogen) atoms. The first-order valence-corrected chi connectivity index (χ1v) is 5.22. The first-order valence-electron chi connectivity index (χ1n) is 5.22. The van der Waals surface area contributed by atoms with E-state index in [1.54, 1.807) is 55.2 Å². The van der Waals surface area contributed by atoms with Gasteiger partial charge in [0.1, 0.15) is 5.82 Å². The normalized spacial score (nSPS) is 14.2. The van der Waals surface area contributed by atoms with Crippen LogP contribution in [0, 0.1) is 6.92 Å². The molecule has 2 aromatic rings. The molecule has 0 saturated heterocycles. The van der Waals surface area contributed by atoms with Gasteiger partial charge < -0.3 is 9.67 Å². The zero-order chi connectivity index (χ0) is 12.5. The summed E-state index contributed by atoms with van der Waals surface area (Å²) < 4.78 is 1.61. The minimum absolute atomic E-state index is 0.480. The summed E-state index contributed by atoms with van der Waals surface area (Å²) in [5.41, 5.74) is -0.754. The number of nitrogens with zero attached hydrogens (tertiary/aromatic N) is 3. The Morgan fingerprint density at radius 3 is 2.59 bits per heavy atom. The van der Waals surface area contributed by atoms with E-state index in [0.717, 1.165) is 0 Å². The molecule has 0 spiro atoms. The van der Waals surface area contributed by atoms with Crippen molar-refractivity contribution in [1.29, 1.82) is 0 Å². The van der Waals surface area contributed by atoms with Crippen molar-refractivity contribution in [2.75, 3.05) is 0 Å². The van der Waals surface area contributed by atoms with Gasteiger partial charge in [-0.05, 0) is 26.0 Å². The van der Waals surface area contributed by atoms with E-state index in [1.165, 1.54) is 0 Å². The van der Waals surface area contributed by atoms with E-state index in [1.807, 2.05) is 0 Å². The third kappa shape index (κ3) is 1.69. The van der Waals surface area contributed by atoms with E-state index in [0.29, 0.717) is 11.5 Å². The molecule has 1 atom stereocenters. The molecule has 2 rings (SSSR count). The van der Waals surface area contributed by atoms with Crippen LogP contribution in [0.15, 0.2) is 36.8 Å². The van der Waals surface area contributed by atoms with Crippen LogP contribution in [0.25, 0.3) is 0 Å². The second-order valence-electron chi connectivity index (χ2n) is 3.94. The van der Waals surface area contributed by atoms with E-state index in [4.69, 9.17) is 0 Å². The molecule has 88 valence electrons. The third-order valence-corrected chi connectivity index (χ3v) is 2.89. The molecule has 0 amide bonds. The molecular weight excluding hydrogens is 218 g/mol. The minimum Gasteiger partial charge on any atom is -0.479 e. The van der Waals surface area contributed by atoms with Crippen LogP contribution in [-0.2, 0) is 10.3 Å². The second kappa shape index (κ2) is 4.01. The van der Waals surface area contributed by atoms with Crippen LogP contribution in [-0.4, -0.2) is 25.6 Å². The molecule has 0 bridgehead atoms. The zero-order valence-corrected chi connectivity index (χ0v) is 9.66. The number of carbonyl (C=O) groups is 1. The van der Waals surface area contributed by atoms with E-state index < -0.39 is 11.5 Å². The van der Waals surface area contributed by atoms with Crippen molar-refractivity contribution in [3.63, 3.8) is 0 Å². The molecule has 0 aliphatic heterocycles. The molecule has 0 aliphatic carbocycles. The number of carboxylic acids is 1. The van der Waals surface area contributed by atoms with Gasteiger partial charge in [-0.15, -0.1) is 0 Å². The fourth-order valence-electron chi connectivity index (χ4n) is 1.84. The fraction of sp³-hybridized carbons (Fsp3) is 0.250. The number of hydrogen-bond acceptors (Lipinski definition) is 3. The minimum atomic E-state index is -1.23. The molecule has 0 radical (unpaired) electrons. The Kier molecular flexibility index (Phi) is 2.67. The van der Waals surface area contributed by atoms with Gasteiger partial charge in [0.05, 0.1) is 5.69 Å². The van der Waals surface area contributed by atoms with Crippen LogP contribution >= 0.6 is 0 Å². The molecule has 0 saturated carbocycles. The molecule has 1 N–H and O–H groups in total. The SMILES string of the molecule is Cc1nccn1C(C)(C(=O)O)c1ccccn1. The summed E-state index contributed by atoms with van der Waals surface area (Å²) in [5.74, 6) is -0.321. The van der Waals surface area contributed by atoms with E-state index in [9.17, 15) is 9.90 Å². The highest BCUT2D eigenvalue weighted by atomic mass is 16.4. The van der Waals surface area contributed by atoms with Gasteiger partial charge in [-0.1, -0.05) is 6.07 Å². The summed E-state index contributed by atoms with van der Waals surface area (Å²) in [6, 6.07) is 5.23. The number of rotatable bonds is 3. The highest BCUT2D eigenvalue weighted by molar-refractivity contribution is 5.80. The van der Waals surface area contributed by atoms with Crippen molar-refractivity contribution in [3.8, 4) is 0 Å². The van der Waals surface area contributed by atoms with E-state index in [2.05, 4.69) is 9.97 Å². The van der Waals surface area contributed by atoms with E-state index in [-0.39, 0.29) is 0 Å². The van der Waals surface area contributed by atoms with Crippen LogP contribution < -0.4 is 0 Å². The Morgan fingerprint density at radius 2 is 2.12 bits per heavy atom. The first kappa shape index (κ1) is 11.3. The molecule has 0 fully saturated rings. The highest BCUT2D eigenvalue weighted by Gasteiger charge is 2.39. The lowest BCUT2D eigenvalue weighted by molar-refractivity contribution is -0.144. The van der Waals surface area contributed by atoms with Crippen molar-refractivity contribution in [2.45, 2.75) is 19.4 Å². The molecule has 1 unspecified atom stereocenters. The lowest BCUT2D eigenvalue weighted by atomic mass is 9.96. The second-order valence-corrected chi connectivity index (χ2v) is 3.94. The van der Waals surface area contributed by atoms with Gasteiger partial charge in [0.15, 0.2) is 5.54 Å². The highest BCUT2D eigenvalue weighted by Crippen LogP contribution is 2.25. The maximum atomic E-state index is 11.6. The van der Waals surface area contributed by atoms with Crippen LogP contribution in [0.3, 0.4) is 0 Å². The lowest BCUT2D eigenvalue weighted by Gasteiger charge is -2.27. The van der Waals surface area contributed by atoms with Crippen molar-refractivity contribution in [2.24, 2.45) is 0 Å². The number of pyridine rings is 1. The Balaban J connectivity index is 2.63. The Hall–Kier alpha value is -2.17. The van der Waals surface area contributed by atoms with Gasteiger partial charge in [-0.3, -0.25) is 4.98 Å². The molecule has 5 nitrogen and oxygen atoms in total. The standard InChI is InChI=1S/C12H13N3O2/c1-9-13-7-8-15(9)12(2,11(16)17)10-5-3-4-6-14-10/h3-8H,1-2H3,(H,16,17). The van der Waals surface area contributed by atoms with Gasteiger partial charge in [0, 0.05) is 18.6 Å². The summed E-state index contributed by atoms with van der Waals surface area (Å²) in [6.07, 6.45) is 4.82. The number of aliphatic carboxylic acids is 1. The number of aryl methyl sites for hydroxylation is 1. The predicted octanol–water partition coefficient (Wildman–Crippen LogP) is 1.43. The Bertz CT molecular complexity index is 536. The van der Waals surface area contributed by atoms with Crippen molar-refractivity contribution >= 4 is 5.97 Å². The molecule has 2 aromatic heterocycles. The summed E-state index contributed by atoms with van der Waals surface area (Å²) in [6.45, 7) is 3.39. The van der Waals surface area contributed by atoms with Crippen molar-refractivity contribution in [1.82, 2.24) is 14.5 Å².